The summed E-state index contributed by atoms with van der Waals surface area (Å²) in [6, 6.07) is 5.61. The molecule has 2 aliphatic rings. The van der Waals surface area contributed by atoms with Crippen LogP contribution in [0.25, 0.3) is 0 Å². The number of fused-ring (bicyclic) bond motifs is 1. The molecule has 0 saturated heterocycles. The number of nitrogens with one attached hydrogen (secondary N) is 2. The lowest BCUT2D eigenvalue weighted by Gasteiger charge is -2.10. The highest BCUT2D eigenvalue weighted by molar-refractivity contribution is 5.73. The molecule has 5 nitrogen and oxygen atoms in total. The Bertz CT molecular complexity index is 513. The van der Waals surface area contributed by atoms with Crippen LogP contribution in [0.3, 0.4) is 0 Å². The molecule has 0 unspecified atom stereocenters. The van der Waals surface area contributed by atoms with E-state index in [-0.39, 0.29) is 12.8 Å². The average molecular weight is 304 g/mol. The third-order valence-corrected chi connectivity index (χ3v) is 4.44. The van der Waals surface area contributed by atoms with E-state index in [1.54, 1.807) is 0 Å². The van der Waals surface area contributed by atoms with Gasteiger partial charge in [0.15, 0.2) is 11.5 Å². The summed E-state index contributed by atoms with van der Waals surface area (Å²) in [5.74, 6) is 2.40. The normalized spacial score (nSPS) is 16.7. The molecule has 0 spiro atoms. The Morgan fingerprint density at radius 1 is 1.14 bits per heavy atom. The van der Waals surface area contributed by atoms with Crippen LogP contribution in [0.15, 0.2) is 18.2 Å². The van der Waals surface area contributed by atoms with Crippen LogP contribution < -0.4 is 20.1 Å². The number of carbonyl (C=O) groups is 1. The number of rotatable bonds is 6. The molecule has 1 aliphatic heterocycles. The summed E-state index contributed by atoms with van der Waals surface area (Å²) in [6.07, 6.45) is 7.82. The zero-order valence-electron chi connectivity index (χ0n) is 12.9. The molecule has 1 aromatic rings. The predicted molar refractivity (Wildman–Crippen MR) is 84.0 cm³/mol. The van der Waals surface area contributed by atoms with E-state index in [0.717, 1.165) is 35.9 Å². The fourth-order valence-electron chi connectivity index (χ4n) is 3.19. The molecule has 0 radical (unpaired) electrons. The van der Waals surface area contributed by atoms with Gasteiger partial charge in [-0.15, -0.1) is 0 Å². The van der Waals surface area contributed by atoms with E-state index < -0.39 is 0 Å². The van der Waals surface area contributed by atoms with Gasteiger partial charge in [0, 0.05) is 13.1 Å². The molecule has 0 atom stereocenters. The maximum atomic E-state index is 11.8. The Labute approximate surface area is 131 Å². The minimum atomic E-state index is -0.107. The van der Waals surface area contributed by atoms with Crippen molar-refractivity contribution in [2.45, 2.75) is 45.1 Å². The number of benzene rings is 1. The van der Waals surface area contributed by atoms with Crippen LogP contribution in [0.2, 0.25) is 0 Å². The molecule has 1 heterocycles. The Kier molecular flexibility index (Phi) is 5.03. The van der Waals surface area contributed by atoms with Gasteiger partial charge in [-0.1, -0.05) is 31.7 Å². The SMILES string of the molecule is O=C(NCCCC1CCCC1)NCc1ccc2c(c1)OCO2. The van der Waals surface area contributed by atoms with Crippen molar-refractivity contribution >= 4 is 6.03 Å². The van der Waals surface area contributed by atoms with Crippen LogP contribution in [0.1, 0.15) is 44.1 Å². The van der Waals surface area contributed by atoms with Gasteiger partial charge in [0.25, 0.3) is 0 Å². The Morgan fingerprint density at radius 3 is 2.82 bits per heavy atom. The molecule has 2 N–H and O–H groups in total. The van der Waals surface area contributed by atoms with E-state index in [0.29, 0.717) is 6.54 Å². The van der Waals surface area contributed by atoms with Gasteiger partial charge in [0.2, 0.25) is 6.79 Å². The summed E-state index contributed by atoms with van der Waals surface area (Å²) < 4.78 is 10.6. The Hall–Kier alpha value is -1.91. The summed E-state index contributed by atoms with van der Waals surface area (Å²) in [5, 5.41) is 5.80. The third-order valence-electron chi connectivity index (χ3n) is 4.44. The van der Waals surface area contributed by atoms with Gasteiger partial charge in [-0.2, -0.15) is 0 Å². The lowest BCUT2D eigenvalue weighted by atomic mass is 10.0. The molecule has 22 heavy (non-hydrogen) atoms. The lowest BCUT2D eigenvalue weighted by molar-refractivity contribution is 0.174. The van der Waals surface area contributed by atoms with E-state index in [4.69, 9.17) is 9.47 Å². The number of hydrogen-bond donors (Lipinski definition) is 2. The molecule has 1 fully saturated rings. The fraction of sp³-hybridized carbons (Fsp3) is 0.588. The minimum Gasteiger partial charge on any atom is -0.454 e. The van der Waals surface area contributed by atoms with Crippen molar-refractivity contribution in [3.05, 3.63) is 23.8 Å². The fourth-order valence-corrected chi connectivity index (χ4v) is 3.19. The van der Waals surface area contributed by atoms with E-state index in [1.807, 2.05) is 18.2 Å². The first-order valence-electron chi connectivity index (χ1n) is 8.21. The van der Waals surface area contributed by atoms with Crippen LogP contribution in [0.4, 0.5) is 4.79 Å². The molecule has 1 aliphatic carbocycles. The summed E-state index contributed by atoms with van der Waals surface area (Å²) in [4.78, 5) is 11.8. The second-order valence-electron chi connectivity index (χ2n) is 6.09. The van der Waals surface area contributed by atoms with Crippen molar-refractivity contribution in [1.29, 1.82) is 0 Å². The largest absolute Gasteiger partial charge is 0.454 e. The molecule has 1 saturated carbocycles. The monoisotopic (exact) mass is 304 g/mol. The van der Waals surface area contributed by atoms with Gasteiger partial charge in [-0.3, -0.25) is 0 Å². The number of carbonyl (C=O) groups excluding carboxylic acids is 1. The second kappa shape index (κ2) is 7.38. The zero-order valence-corrected chi connectivity index (χ0v) is 12.9. The summed E-state index contributed by atoms with van der Waals surface area (Å²) in [5.41, 5.74) is 1.00. The highest BCUT2D eigenvalue weighted by atomic mass is 16.7. The molecule has 0 bridgehead atoms. The molecule has 1 aromatic carbocycles. The van der Waals surface area contributed by atoms with Gasteiger partial charge in [0.05, 0.1) is 0 Å². The average Bonchev–Trinajstić information content (AvgIpc) is 3.20. The highest BCUT2D eigenvalue weighted by Gasteiger charge is 2.15. The molecule has 0 aromatic heterocycles. The molecule has 120 valence electrons. The third kappa shape index (κ3) is 4.06. The molecule has 2 amide bonds. The highest BCUT2D eigenvalue weighted by Crippen LogP contribution is 2.32. The summed E-state index contributed by atoms with van der Waals surface area (Å²) in [6.45, 7) is 1.52. The van der Waals surface area contributed by atoms with Crippen molar-refractivity contribution in [3.63, 3.8) is 0 Å². The molecular formula is C17H24N2O3. The maximum absolute atomic E-state index is 11.8. The van der Waals surface area contributed by atoms with Gasteiger partial charge in [0.1, 0.15) is 0 Å². The van der Waals surface area contributed by atoms with Crippen molar-refractivity contribution < 1.29 is 14.3 Å². The van der Waals surface area contributed by atoms with Crippen molar-refractivity contribution in [2.75, 3.05) is 13.3 Å². The van der Waals surface area contributed by atoms with Crippen LogP contribution in [-0.2, 0) is 6.54 Å². The predicted octanol–water partition coefficient (Wildman–Crippen LogP) is 3.18. The smallest absolute Gasteiger partial charge is 0.315 e. The van der Waals surface area contributed by atoms with E-state index in [1.165, 1.54) is 32.1 Å². The maximum Gasteiger partial charge on any atom is 0.315 e. The topological polar surface area (TPSA) is 59.6 Å². The zero-order chi connectivity index (χ0) is 15.2. The van der Waals surface area contributed by atoms with E-state index in [9.17, 15) is 4.79 Å². The van der Waals surface area contributed by atoms with Crippen molar-refractivity contribution in [1.82, 2.24) is 10.6 Å². The van der Waals surface area contributed by atoms with Crippen LogP contribution in [-0.4, -0.2) is 19.4 Å². The van der Waals surface area contributed by atoms with Crippen LogP contribution in [0.5, 0.6) is 11.5 Å². The van der Waals surface area contributed by atoms with E-state index >= 15 is 0 Å². The first-order chi connectivity index (χ1) is 10.8. The number of hydrogen-bond acceptors (Lipinski definition) is 3. The first kappa shape index (κ1) is 15.0. The molecular weight excluding hydrogens is 280 g/mol. The number of amides is 2. The van der Waals surface area contributed by atoms with Gasteiger partial charge in [-0.25, -0.2) is 4.79 Å². The lowest BCUT2D eigenvalue weighted by Crippen LogP contribution is -2.35. The minimum absolute atomic E-state index is 0.107. The Morgan fingerprint density at radius 2 is 1.95 bits per heavy atom. The summed E-state index contributed by atoms with van der Waals surface area (Å²) in [7, 11) is 0. The van der Waals surface area contributed by atoms with E-state index in [2.05, 4.69) is 10.6 Å². The second-order valence-corrected chi connectivity index (χ2v) is 6.09. The number of ether oxygens (including phenoxy) is 2. The quantitative estimate of drug-likeness (QED) is 0.794. The molecule has 3 rings (SSSR count). The number of urea groups is 1. The first-order valence-corrected chi connectivity index (χ1v) is 8.21. The van der Waals surface area contributed by atoms with Crippen LogP contribution in [0, 0.1) is 5.92 Å². The Balaban J connectivity index is 1.32. The van der Waals surface area contributed by atoms with Gasteiger partial charge < -0.3 is 20.1 Å². The van der Waals surface area contributed by atoms with Crippen LogP contribution >= 0.6 is 0 Å². The summed E-state index contributed by atoms with van der Waals surface area (Å²) >= 11 is 0. The van der Waals surface area contributed by atoms with Gasteiger partial charge >= 0.3 is 6.03 Å². The van der Waals surface area contributed by atoms with Crippen molar-refractivity contribution in [3.8, 4) is 11.5 Å². The van der Waals surface area contributed by atoms with Crippen molar-refractivity contribution in [2.24, 2.45) is 5.92 Å². The standard InChI is InChI=1S/C17H24N2O3/c20-17(18-9-3-6-13-4-1-2-5-13)19-11-14-7-8-15-16(10-14)22-12-21-15/h7-8,10,13H,1-6,9,11-12H2,(H2,18,19,20). The van der Waals surface area contributed by atoms with Gasteiger partial charge in [-0.05, 0) is 36.5 Å². The molecule has 5 heteroatoms.